The molecule has 0 aliphatic heterocycles. The van der Waals surface area contributed by atoms with Crippen LogP contribution >= 0.6 is 7.14 Å². The maximum Gasteiger partial charge on any atom is 0.226 e. The Balaban J connectivity index is 2.57. The van der Waals surface area contributed by atoms with Crippen LogP contribution in [-0.4, -0.2) is 11.7 Å². The summed E-state index contributed by atoms with van der Waals surface area (Å²) in [6.45, 7) is 7.94. The van der Waals surface area contributed by atoms with E-state index in [0.29, 0.717) is 17.0 Å². The molecular formula is C20H25O2P. The lowest BCUT2D eigenvalue weighted by Gasteiger charge is -2.20. The van der Waals surface area contributed by atoms with Crippen molar-refractivity contribution in [2.45, 2.75) is 40.5 Å². The predicted octanol–water partition coefficient (Wildman–Crippen LogP) is 5.24. The van der Waals surface area contributed by atoms with Gasteiger partial charge in [0.25, 0.3) is 0 Å². The van der Waals surface area contributed by atoms with E-state index in [1.165, 1.54) is 0 Å². The molecule has 0 N–H and O–H groups in total. The minimum absolute atomic E-state index is 0.188. The third-order valence-corrected chi connectivity index (χ3v) is 7.18. The van der Waals surface area contributed by atoms with Crippen LogP contribution in [0.25, 0.3) is 0 Å². The van der Waals surface area contributed by atoms with Gasteiger partial charge in [0.15, 0.2) is 7.14 Å². The first kappa shape index (κ1) is 17.7. The van der Waals surface area contributed by atoms with E-state index >= 15 is 0 Å². The van der Waals surface area contributed by atoms with Crippen molar-refractivity contribution >= 4 is 18.0 Å². The molecule has 0 aliphatic carbocycles. The van der Waals surface area contributed by atoms with Gasteiger partial charge in [-0.3, -0.25) is 4.79 Å². The number of unbranched alkanes of at least 4 members (excludes halogenated alkanes) is 1. The first-order valence-electron chi connectivity index (χ1n) is 8.17. The van der Waals surface area contributed by atoms with Crippen LogP contribution in [-0.2, 0) is 4.57 Å². The summed E-state index contributed by atoms with van der Waals surface area (Å²) in [5.74, 6) is 0. The molecule has 0 radical (unpaired) electrons. The van der Waals surface area contributed by atoms with Crippen LogP contribution < -0.4 is 5.30 Å². The van der Waals surface area contributed by atoms with Crippen LogP contribution in [0, 0.1) is 20.8 Å². The highest BCUT2D eigenvalue weighted by molar-refractivity contribution is 7.87. The summed E-state index contributed by atoms with van der Waals surface area (Å²) in [5.41, 5.74) is 3.41. The molecule has 2 rings (SSSR count). The molecule has 2 nitrogen and oxygen atoms in total. The Hall–Kier alpha value is -1.66. The molecule has 2 aromatic carbocycles. The van der Waals surface area contributed by atoms with E-state index in [4.69, 9.17) is 0 Å². The van der Waals surface area contributed by atoms with Crippen molar-refractivity contribution in [1.29, 1.82) is 0 Å². The van der Waals surface area contributed by atoms with Crippen molar-refractivity contribution in [1.82, 2.24) is 0 Å². The van der Waals surface area contributed by atoms with Gasteiger partial charge in [-0.05, 0) is 38.3 Å². The van der Waals surface area contributed by atoms with Crippen LogP contribution in [0.3, 0.4) is 0 Å². The molecular weight excluding hydrogens is 303 g/mol. The minimum atomic E-state index is -3.11. The van der Waals surface area contributed by atoms with E-state index in [-0.39, 0.29) is 5.52 Å². The SMILES string of the molecule is CCCCP(=O)(C(=O)c1c(C)cc(C)cc1C)c1ccccc1. The van der Waals surface area contributed by atoms with E-state index in [2.05, 4.69) is 6.92 Å². The normalized spacial score (nSPS) is 13.6. The highest BCUT2D eigenvalue weighted by Gasteiger charge is 2.35. The van der Waals surface area contributed by atoms with Gasteiger partial charge in [0.2, 0.25) is 5.52 Å². The second-order valence-corrected chi connectivity index (χ2v) is 9.08. The van der Waals surface area contributed by atoms with Crippen molar-refractivity contribution < 1.29 is 9.36 Å². The van der Waals surface area contributed by atoms with Gasteiger partial charge in [-0.25, -0.2) is 0 Å². The zero-order valence-electron chi connectivity index (χ0n) is 14.4. The van der Waals surface area contributed by atoms with Gasteiger partial charge in [0.1, 0.15) is 0 Å². The number of hydrogen-bond donors (Lipinski definition) is 0. The lowest BCUT2D eigenvalue weighted by atomic mass is 10.0. The fourth-order valence-electron chi connectivity index (χ4n) is 3.10. The van der Waals surface area contributed by atoms with E-state index in [1.54, 1.807) is 0 Å². The summed E-state index contributed by atoms with van der Waals surface area (Å²) in [6.07, 6.45) is 2.16. The van der Waals surface area contributed by atoms with Gasteiger partial charge in [0.05, 0.1) is 0 Å². The molecule has 0 aromatic heterocycles. The monoisotopic (exact) mass is 328 g/mol. The molecule has 0 fully saturated rings. The van der Waals surface area contributed by atoms with Crippen LogP contribution in [0.5, 0.6) is 0 Å². The Bertz CT molecular complexity index is 724. The Morgan fingerprint density at radius 2 is 1.57 bits per heavy atom. The quantitative estimate of drug-likeness (QED) is 0.680. The molecule has 0 bridgehead atoms. The Morgan fingerprint density at radius 3 is 2.09 bits per heavy atom. The number of rotatable bonds is 6. The number of carbonyl (C=O) groups is 1. The lowest BCUT2D eigenvalue weighted by Crippen LogP contribution is -2.18. The lowest BCUT2D eigenvalue weighted by molar-refractivity contribution is 0.107. The molecule has 1 atom stereocenters. The zero-order valence-corrected chi connectivity index (χ0v) is 15.3. The second kappa shape index (κ2) is 7.27. The molecule has 1 unspecified atom stereocenters. The molecule has 0 heterocycles. The van der Waals surface area contributed by atoms with Crippen LogP contribution in [0.1, 0.15) is 46.8 Å². The average molecular weight is 328 g/mol. The van der Waals surface area contributed by atoms with Crippen LogP contribution in [0.2, 0.25) is 0 Å². The number of aryl methyl sites for hydroxylation is 3. The number of hydrogen-bond acceptors (Lipinski definition) is 2. The van der Waals surface area contributed by atoms with E-state index in [9.17, 15) is 9.36 Å². The highest BCUT2D eigenvalue weighted by atomic mass is 31.2. The number of carbonyl (C=O) groups excluding carboxylic acids is 1. The topological polar surface area (TPSA) is 34.1 Å². The summed E-state index contributed by atoms with van der Waals surface area (Å²) in [6, 6.07) is 13.2. The molecule has 0 saturated heterocycles. The zero-order chi connectivity index (χ0) is 17.0. The maximum atomic E-state index is 13.7. The first-order chi connectivity index (χ1) is 10.9. The van der Waals surface area contributed by atoms with Crippen molar-refractivity contribution in [3.63, 3.8) is 0 Å². The van der Waals surface area contributed by atoms with E-state index < -0.39 is 7.14 Å². The second-order valence-electron chi connectivity index (χ2n) is 6.23. The number of benzene rings is 2. The standard InChI is InChI=1S/C20H25O2P/c1-5-6-12-23(22,18-10-8-7-9-11-18)20(21)19-16(3)13-15(2)14-17(19)4/h7-11,13-14H,5-6,12H2,1-4H3. The third-order valence-electron chi connectivity index (χ3n) is 4.22. The van der Waals surface area contributed by atoms with Gasteiger partial charge >= 0.3 is 0 Å². The third kappa shape index (κ3) is 3.64. The fraction of sp³-hybridized carbons (Fsp3) is 0.350. The summed E-state index contributed by atoms with van der Waals surface area (Å²) in [7, 11) is -3.11. The minimum Gasteiger partial charge on any atom is -0.310 e. The van der Waals surface area contributed by atoms with Crippen molar-refractivity contribution in [2.24, 2.45) is 0 Å². The van der Waals surface area contributed by atoms with E-state index in [1.807, 2.05) is 63.2 Å². The van der Waals surface area contributed by atoms with Crippen LogP contribution in [0.15, 0.2) is 42.5 Å². The largest absolute Gasteiger partial charge is 0.310 e. The highest BCUT2D eigenvalue weighted by Crippen LogP contribution is 2.49. The average Bonchev–Trinajstić information content (AvgIpc) is 2.52. The summed E-state index contributed by atoms with van der Waals surface area (Å²) >= 11 is 0. The molecule has 3 heteroatoms. The maximum absolute atomic E-state index is 13.7. The molecule has 0 aliphatic rings. The van der Waals surface area contributed by atoms with Crippen molar-refractivity contribution in [2.75, 3.05) is 6.16 Å². The van der Waals surface area contributed by atoms with Gasteiger partial charge in [0, 0.05) is 17.0 Å². The molecule has 23 heavy (non-hydrogen) atoms. The Morgan fingerprint density at radius 1 is 1.00 bits per heavy atom. The smallest absolute Gasteiger partial charge is 0.226 e. The van der Waals surface area contributed by atoms with Crippen LogP contribution in [0.4, 0.5) is 0 Å². The summed E-state index contributed by atoms with van der Waals surface area (Å²) in [4.78, 5) is 13.3. The Kier molecular flexibility index (Phi) is 5.59. The molecule has 0 amide bonds. The van der Waals surface area contributed by atoms with Gasteiger partial charge in [-0.1, -0.05) is 61.4 Å². The van der Waals surface area contributed by atoms with Crippen molar-refractivity contribution in [3.8, 4) is 0 Å². The molecule has 122 valence electrons. The first-order valence-corrected chi connectivity index (χ1v) is 10.1. The predicted molar refractivity (Wildman–Crippen MR) is 98.4 cm³/mol. The van der Waals surface area contributed by atoms with Crippen molar-refractivity contribution in [3.05, 3.63) is 64.7 Å². The Labute approximate surface area is 139 Å². The molecule has 2 aromatic rings. The summed E-state index contributed by atoms with van der Waals surface area (Å²) < 4.78 is 13.7. The summed E-state index contributed by atoms with van der Waals surface area (Å²) in [5, 5.41) is 0.679. The fourth-order valence-corrected chi connectivity index (χ4v) is 5.92. The molecule has 0 spiro atoms. The van der Waals surface area contributed by atoms with Gasteiger partial charge in [-0.15, -0.1) is 0 Å². The van der Waals surface area contributed by atoms with Gasteiger partial charge < -0.3 is 4.57 Å². The molecule has 0 saturated carbocycles. The van der Waals surface area contributed by atoms with E-state index in [0.717, 1.165) is 29.5 Å². The van der Waals surface area contributed by atoms with Gasteiger partial charge in [-0.2, -0.15) is 0 Å².